The summed E-state index contributed by atoms with van der Waals surface area (Å²) in [7, 11) is 3.20. The Morgan fingerprint density at radius 3 is 2.55 bits per heavy atom. The van der Waals surface area contributed by atoms with Gasteiger partial charge in [0.25, 0.3) is 11.8 Å². The zero-order valence-electron chi connectivity index (χ0n) is 11.9. The first-order chi connectivity index (χ1) is 10.4. The van der Waals surface area contributed by atoms with Crippen LogP contribution in [0.3, 0.4) is 0 Å². The molecule has 2 amide bonds. The molecule has 0 radical (unpaired) electrons. The summed E-state index contributed by atoms with van der Waals surface area (Å²) in [4.78, 5) is 29.4. The lowest BCUT2D eigenvalue weighted by molar-refractivity contribution is 0.0821. The van der Waals surface area contributed by atoms with Crippen LogP contribution in [0.15, 0.2) is 36.4 Å². The number of carbonyl (C=O) groups excluding carboxylic acids is 2. The Morgan fingerprint density at radius 2 is 1.86 bits per heavy atom. The minimum absolute atomic E-state index is 0.00666. The molecular formula is C15H13ClFN3O2. The predicted octanol–water partition coefficient (Wildman–Crippen LogP) is 2.83. The van der Waals surface area contributed by atoms with Crippen molar-refractivity contribution in [3.8, 4) is 0 Å². The van der Waals surface area contributed by atoms with Gasteiger partial charge in [0.15, 0.2) is 0 Å². The zero-order chi connectivity index (χ0) is 16.3. The molecule has 0 saturated heterocycles. The van der Waals surface area contributed by atoms with Crippen molar-refractivity contribution in [1.29, 1.82) is 0 Å². The summed E-state index contributed by atoms with van der Waals surface area (Å²) in [5, 5.41) is 2.23. The number of rotatable bonds is 3. The Hall–Kier alpha value is -2.47. The van der Waals surface area contributed by atoms with E-state index in [0.717, 1.165) is 6.07 Å². The molecule has 2 rings (SSSR count). The van der Waals surface area contributed by atoms with E-state index in [1.165, 1.54) is 29.2 Å². The van der Waals surface area contributed by atoms with Crippen molar-refractivity contribution in [1.82, 2.24) is 9.88 Å². The Balaban J connectivity index is 2.24. The van der Waals surface area contributed by atoms with Gasteiger partial charge in [0, 0.05) is 14.1 Å². The van der Waals surface area contributed by atoms with E-state index < -0.39 is 11.7 Å². The maximum Gasteiger partial charge on any atom is 0.272 e. The molecule has 0 bridgehead atoms. The van der Waals surface area contributed by atoms with E-state index in [2.05, 4.69) is 10.3 Å². The SMILES string of the molecule is CN(C)C(=O)c1cccc(NC(=O)c2cccc(F)c2Cl)n1. The van der Waals surface area contributed by atoms with Crippen LogP contribution in [0.4, 0.5) is 10.2 Å². The lowest BCUT2D eigenvalue weighted by Crippen LogP contribution is -2.23. The fourth-order valence-electron chi connectivity index (χ4n) is 1.72. The average Bonchev–Trinajstić information content (AvgIpc) is 2.49. The normalized spacial score (nSPS) is 10.2. The molecule has 0 spiro atoms. The molecule has 22 heavy (non-hydrogen) atoms. The second-order valence-corrected chi connectivity index (χ2v) is 5.04. The molecule has 0 aliphatic heterocycles. The van der Waals surface area contributed by atoms with Crippen molar-refractivity contribution in [2.75, 3.05) is 19.4 Å². The van der Waals surface area contributed by atoms with Crippen molar-refractivity contribution < 1.29 is 14.0 Å². The van der Waals surface area contributed by atoms with Crippen LogP contribution in [-0.4, -0.2) is 35.8 Å². The van der Waals surface area contributed by atoms with Gasteiger partial charge in [-0.3, -0.25) is 9.59 Å². The van der Waals surface area contributed by atoms with Crippen molar-refractivity contribution in [2.24, 2.45) is 0 Å². The molecule has 0 aliphatic carbocycles. The van der Waals surface area contributed by atoms with Crippen LogP contribution in [0.1, 0.15) is 20.8 Å². The van der Waals surface area contributed by atoms with Crippen LogP contribution < -0.4 is 5.32 Å². The number of anilines is 1. The van der Waals surface area contributed by atoms with Gasteiger partial charge in [0.2, 0.25) is 0 Å². The molecule has 7 heteroatoms. The quantitative estimate of drug-likeness (QED) is 0.945. The largest absolute Gasteiger partial charge is 0.343 e. The minimum Gasteiger partial charge on any atom is -0.343 e. The number of benzene rings is 1. The average molecular weight is 322 g/mol. The van der Waals surface area contributed by atoms with E-state index in [4.69, 9.17) is 11.6 Å². The van der Waals surface area contributed by atoms with Gasteiger partial charge in [-0.15, -0.1) is 0 Å². The number of nitrogens with zero attached hydrogens (tertiary/aromatic N) is 2. The standard InChI is InChI=1S/C15H13ClFN3O2/c1-20(2)15(22)11-7-4-8-12(18-11)19-14(21)9-5-3-6-10(17)13(9)16/h3-8H,1-2H3,(H,18,19,21). The van der Waals surface area contributed by atoms with Crippen LogP contribution in [0, 0.1) is 5.82 Å². The number of pyridine rings is 1. The van der Waals surface area contributed by atoms with Gasteiger partial charge in [0.05, 0.1) is 10.6 Å². The lowest BCUT2D eigenvalue weighted by atomic mass is 10.2. The summed E-state index contributed by atoms with van der Waals surface area (Å²) < 4.78 is 13.4. The summed E-state index contributed by atoms with van der Waals surface area (Å²) >= 11 is 5.76. The zero-order valence-corrected chi connectivity index (χ0v) is 12.7. The number of carbonyl (C=O) groups is 2. The highest BCUT2D eigenvalue weighted by atomic mass is 35.5. The number of nitrogens with one attached hydrogen (secondary N) is 1. The molecule has 1 aromatic heterocycles. The summed E-state index contributed by atoms with van der Waals surface area (Å²) in [6.45, 7) is 0. The van der Waals surface area contributed by atoms with Crippen LogP contribution in [-0.2, 0) is 0 Å². The van der Waals surface area contributed by atoms with Gasteiger partial charge in [-0.2, -0.15) is 0 Å². The monoisotopic (exact) mass is 321 g/mol. The van der Waals surface area contributed by atoms with E-state index in [-0.39, 0.29) is 28.0 Å². The van der Waals surface area contributed by atoms with Gasteiger partial charge in [-0.1, -0.05) is 23.7 Å². The molecule has 114 valence electrons. The number of halogens is 2. The van der Waals surface area contributed by atoms with Crippen molar-refractivity contribution in [3.05, 3.63) is 58.5 Å². The summed E-state index contributed by atoms with van der Waals surface area (Å²) in [5.41, 5.74) is 0.181. The maximum atomic E-state index is 13.4. The maximum absolute atomic E-state index is 13.4. The molecule has 5 nitrogen and oxygen atoms in total. The van der Waals surface area contributed by atoms with E-state index in [1.807, 2.05) is 0 Å². The Kier molecular flexibility index (Phi) is 4.72. The Morgan fingerprint density at radius 1 is 1.18 bits per heavy atom. The third-order valence-electron chi connectivity index (χ3n) is 2.81. The molecule has 1 N–H and O–H groups in total. The van der Waals surface area contributed by atoms with Crippen LogP contribution >= 0.6 is 11.6 Å². The molecule has 0 saturated carbocycles. The first-order valence-electron chi connectivity index (χ1n) is 6.34. The third-order valence-corrected chi connectivity index (χ3v) is 3.20. The smallest absolute Gasteiger partial charge is 0.272 e. The van der Waals surface area contributed by atoms with Gasteiger partial charge in [0.1, 0.15) is 17.3 Å². The molecule has 0 aliphatic rings. The Labute approximate surface area is 131 Å². The van der Waals surface area contributed by atoms with E-state index >= 15 is 0 Å². The fourth-order valence-corrected chi connectivity index (χ4v) is 1.93. The number of aromatic nitrogens is 1. The van der Waals surface area contributed by atoms with Gasteiger partial charge >= 0.3 is 0 Å². The molecule has 0 fully saturated rings. The number of hydrogen-bond donors (Lipinski definition) is 1. The van der Waals surface area contributed by atoms with Crippen LogP contribution in [0.25, 0.3) is 0 Å². The lowest BCUT2D eigenvalue weighted by Gasteiger charge is -2.11. The molecule has 0 atom stereocenters. The first-order valence-corrected chi connectivity index (χ1v) is 6.72. The van der Waals surface area contributed by atoms with Crippen LogP contribution in [0.5, 0.6) is 0 Å². The summed E-state index contributed by atoms with van der Waals surface area (Å²) in [5.74, 6) is -1.40. The highest BCUT2D eigenvalue weighted by molar-refractivity contribution is 6.34. The second kappa shape index (κ2) is 6.53. The Bertz CT molecular complexity index is 734. The molecule has 1 aromatic carbocycles. The highest BCUT2D eigenvalue weighted by Crippen LogP contribution is 2.20. The molecular weight excluding hydrogens is 309 g/mol. The van der Waals surface area contributed by atoms with E-state index in [0.29, 0.717) is 0 Å². The molecule has 1 heterocycles. The topological polar surface area (TPSA) is 62.3 Å². The molecule has 2 aromatic rings. The summed E-state index contributed by atoms with van der Waals surface area (Å²) in [6, 6.07) is 8.59. The van der Waals surface area contributed by atoms with Gasteiger partial charge < -0.3 is 10.2 Å². The van der Waals surface area contributed by atoms with E-state index in [9.17, 15) is 14.0 Å². The predicted molar refractivity (Wildman–Crippen MR) is 81.6 cm³/mol. The van der Waals surface area contributed by atoms with Crippen molar-refractivity contribution in [3.63, 3.8) is 0 Å². The fraction of sp³-hybridized carbons (Fsp3) is 0.133. The second-order valence-electron chi connectivity index (χ2n) is 4.66. The van der Waals surface area contributed by atoms with Crippen LogP contribution in [0.2, 0.25) is 5.02 Å². The summed E-state index contributed by atoms with van der Waals surface area (Å²) in [6.07, 6.45) is 0. The highest BCUT2D eigenvalue weighted by Gasteiger charge is 2.15. The molecule has 0 unspecified atom stereocenters. The van der Waals surface area contributed by atoms with E-state index in [1.54, 1.807) is 20.2 Å². The first kappa shape index (κ1) is 15.9. The van der Waals surface area contributed by atoms with Gasteiger partial charge in [-0.25, -0.2) is 9.37 Å². The number of hydrogen-bond acceptors (Lipinski definition) is 3. The van der Waals surface area contributed by atoms with Crippen molar-refractivity contribution in [2.45, 2.75) is 0 Å². The van der Waals surface area contributed by atoms with Gasteiger partial charge in [-0.05, 0) is 24.3 Å². The minimum atomic E-state index is -0.682. The third kappa shape index (κ3) is 3.40. The van der Waals surface area contributed by atoms with Crippen molar-refractivity contribution >= 4 is 29.2 Å². The number of amides is 2.